The predicted octanol–water partition coefficient (Wildman–Crippen LogP) is 3.33. The highest BCUT2D eigenvalue weighted by atomic mass is 32.2. The molecule has 3 saturated heterocycles. The van der Waals surface area contributed by atoms with Crippen molar-refractivity contribution in [3.63, 3.8) is 0 Å². The molecule has 0 aromatic heterocycles. The van der Waals surface area contributed by atoms with Crippen molar-refractivity contribution in [1.82, 2.24) is 14.7 Å². The van der Waals surface area contributed by atoms with E-state index in [1.807, 2.05) is 16.7 Å². The number of hydrogen-bond donors (Lipinski definition) is 1. The summed E-state index contributed by atoms with van der Waals surface area (Å²) in [5.74, 6) is -0.954. The minimum atomic E-state index is -0.636. The molecule has 7 atom stereocenters. The van der Waals surface area contributed by atoms with Gasteiger partial charge in [0.25, 0.3) is 0 Å². The van der Waals surface area contributed by atoms with E-state index < -0.39 is 22.6 Å². The van der Waals surface area contributed by atoms with Crippen molar-refractivity contribution in [3.8, 4) is 0 Å². The van der Waals surface area contributed by atoms with Crippen LogP contribution in [0.5, 0.6) is 0 Å². The lowest BCUT2D eigenvalue weighted by molar-refractivity contribution is -0.145. The van der Waals surface area contributed by atoms with Gasteiger partial charge in [-0.05, 0) is 38.5 Å². The van der Waals surface area contributed by atoms with E-state index in [2.05, 4.69) is 33.9 Å². The maximum absolute atomic E-state index is 14.4. The smallest absolute Gasteiger partial charge is 0.247 e. The molecule has 3 fully saturated rings. The van der Waals surface area contributed by atoms with E-state index in [0.29, 0.717) is 32.6 Å². The van der Waals surface area contributed by atoms with Crippen LogP contribution in [0.15, 0.2) is 25.3 Å². The van der Waals surface area contributed by atoms with Crippen molar-refractivity contribution in [1.29, 1.82) is 0 Å². The van der Waals surface area contributed by atoms with Gasteiger partial charge in [0.1, 0.15) is 6.04 Å². The van der Waals surface area contributed by atoms with E-state index in [0.717, 1.165) is 25.7 Å². The molecule has 4 unspecified atom stereocenters. The fourth-order valence-corrected chi connectivity index (χ4v) is 9.26. The molecule has 36 heavy (non-hydrogen) atoms. The number of carbonyl (C=O) groups is 3. The van der Waals surface area contributed by atoms with Gasteiger partial charge < -0.3 is 19.8 Å². The number of aliphatic hydroxyl groups excluding tert-OH is 1. The van der Waals surface area contributed by atoms with Gasteiger partial charge in [0.05, 0.1) is 16.6 Å². The maximum atomic E-state index is 14.4. The SMILES string of the molecule is C=CCN(CCC)C(=O)[C@@H]1[C@H]2C(=O)N(CCCO)C(C(=O)N(CC=C)C(C)CCC)C23S[C@@H]1CC3C. The highest BCUT2D eigenvalue weighted by Gasteiger charge is 2.76. The van der Waals surface area contributed by atoms with Crippen LogP contribution >= 0.6 is 11.8 Å². The predicted molar refractivity (Wildman–Crippen MR) is 145 cm³/mol. The number of nitrogens with zero attached hydrogens (tertiary/aromatic N) is 3. The average molecular weight is 520 g/mol. The summed E-state index contributed by atoms with van der Waals surface area (Å²) in [5.41, 5.74) is 0. The Bertz CT molecular complexity index is 851. The number of rotatable bonds is 14. The molecule has 3 amide bonds. The first-order valence-electron chi connectivity index (χ1n) is 13.6. The van der Waals surface area contributed by atoms with Gasteiger partial charge in [-0.2, -0.15) is 0 Å². The standard InChI is InChI=1S/C28H45N3O4S/c1-7-12-20(6)30(15-10-4)27(35)24-28-19(5)18-21(36-28)22(25(33)29(13-8-2)14-9-3)23(28)26(34)31(24)16-11-17-32/h8,10,19-24,32H,2,4,7,9,11-18H2,1,3,5-6H3/t19?,20?,21-,22+,23+,24?,28?/m1/s1. The third kappa shape index (κ3) is 4.75. The molecule has 3 rings (SSSR count). The second-order valence-corrected chi connectivity index (χ2v) is 12.2. The molecule has 0 aromatic carbocycles. The lowest BCUT2D eigenvalue weighted by Crippen LogP contribution is -2.58. The zero-order valence-electron chi connectivity index (χ0n) is 22.5. The van der Waals surface area contributed by atoms with Crippen LogP contribution in [0.4, 0.5) is 0 Å². The second-order valence-electron chi connectivity index (χ2n) is 10.7. The molecule has 0 aromatic rings. The van der Waals surface area contributed by atoms with Crippen LogP contribution in [-0.4, -0.2) is 92.4 Å². The number of fused-ring (bicyclic) bond motifs is 1. The number of amides is 3. The first kappa shape index (κ1) is 28.8. The van der Waals surface area contributed by atoms with Gasteiger partial charge in [0, 0.05) is 44.1 Å². The topological polar surface area (TPSA) is 81.2 Å². The van der Waals surface area contributed by atoms with Crippen LogP contribution < -0.4 is 0 Å². The Hall–Kier alpha value is -1.80. The summed E-state index contributed by atoms with van der Waals surface area (Å²) in [7, 11) is 0. The minimum Gasteiger partial charge on any atom is -0.396 e. The lowest BCUT2D eigenvalue weighted by atomic mass is 9.65. The third-order valence-electron chi connectivity index (χ3n) is 8.32. The molecule has 3 aliphatic heterocycles. The Labute approximate surface area is 221 Å². The summed E-state index contributed by atoms with van der Waals surface area (Å²) in [5, 5.41) is 9.61. The molecule has 3 heterocycles. The monoisotopic (exact) mass is 519 g/mol. The highest BCUT2D eigenvalue weighted by molar-refractivity contribution is 8.02. The maximum Gasteiger partial charge on any atom is 0.247 e. The summed E-state index contributed by atoms with van der Waals surface area (Å²) in [6.45, 7) is 17.8. The Balaban J connectivity index is 2.07. The van der Waals surface area contributed by atoms with Gasteiger partial charge in [-0.25, -0.2) is 0 Å². The average Bonchev–Trinajstić information content (AvgIpc) is 3.44. The van der Waals surface area contributed by atoms with Gasteiger partial charge in [0.15, 0.2) is 0 Å². The molecule has 8 heteroatoms. The van der Waals surface area contributed by atoms with Crippen molar-refractivity contribution in [3.05, 3.63) is 25.3 Å². The molecular formula is C28H45N3O4S. The van der Waals surface area contributed by atoms with E-state index in [1.54, 1.807) is 28.8 Å². The van der Waals surface area contributed by atoms with Crippen molar-refractivity contribution in [2.45, 2.75) is 81.9 Å². The number of thioether (sulfide) groups is 1. The molecule has 0 saturated carbocycles. The largest absolute Gasteiger partial charge is 0.396 e. The molecule has 202 valence electrons. The van der Waals surface area contributed by atoms with Crippen molar-refractivity contribution >= 4 is 29.5 Å². The van der Waals surface area contributed by atoms with Crippen LogP contribution in [0.25, 0.3) is 0 Å². The Morgan fingerprint density at radius 2 is 1.92 bits per heavy atom. The Kier molecular flexibility index (Phi) is 9.72. The molecular weight excluding hydrogens is 474 g/mol. The summed E-state index contributed by atoms with van der Waals surface area (Å²) in [4.78, 5) is 47.8. The number of likely N-dealkylation sites (tertiary alicyclic amines) is 1. The summed E-state index contributed by atoms with van der Waals surface area (Å²) >= 11 is 1.71. The fraction of sp³-hybridized carbons (Fsp3) is 0.750. The van der Waals surface area contributed by atoms with Gasteiger partial charge in [-0.3, -0.25) is 14.4 Å². The normalized spacial score (nSPS) is 31.3. The molecule has 1 spiro atoms. The number of aliphatic hydroxyl groups is 1. The highest BCUT2D eigenvalue weighted by Crippen LogP contribution is 2.68. The molecule has 2 bridgehead atoms. The second kappa shape index (κ2) is 12.2. The zero-order valence-corrected chi connectivity index (χ0v) is 23.3. The fourth-order valence-electron chi connectivity index (χ4n) is 6.85. The summed E-state index contributed by atoms with van der Waals surface area (Å²) in [6, 6.07) is -0.614. The van der Waals surface area contributed by atoms with Crippen LogP contribution in [-0.2, 0) is 14.4 Å². The number of hydrogen-bond acceptors (Lipinski definition) is 5. The summed E-state index contributed by atoms with van der Waals surface area (Å²) in [6.07, 6.45) is 7.37. The van der Waals surface area contributed by atoms with E-state index in [-0.39, 0.29) is 41.5 Å². The molecule has 0 radical (unpaired) electrons. The summed E-state index contributed by atoms with van der Waals surface area (Å²) < 4.78 is -0.633. The van der Waals surface area contributed by atoms with E-state index in [9.17, 15) is 19.5 Å². The van der Waals surface area contributed by atoms with Gasteiger partial charge in [-0.1, -0.05) is 39.3 Å². The lowest BCUT2D eigenvalue weighted by Gasteiger charge is -2.42. The van der Waals surface area contributed by atoms with E-state index in [1.165, 1.54) is 0 Å². The molecule has 7 nitrogen and oxygen atoms in total. The van der Waals surface area contributed by atoms with Gasteiger partial charge in [0.2, 0.25) is 17.7 Å². The van der Waals surface area contributed by atoms with Crippen molar-refractivity contribution in [2.75, 3.05) is 32.8 Å². The first-order chi connectivity index (χ1) is 17.2. The van der Waals surface area contributed by atoms with Gasteiger partial charge in [-0.15, -0.1) is 24.9 Å². The number of carbonyl (C=O) groups excluding carboxylic acids is 3. The molecule has 0 aliphatic carbocycles. The molecule has 3 aliphatic rings. The van der Waals surface area contributed by atoms with Crippen LogP contribution in [0.3, 0.4) is 0 Å². The Morgan fingerprint density at radius 3 is 2.50 bits per heavy atom. The van der Waals surface area contributed by atoms with Crippen molar-refractivity contribution in [2.24, 2.45) is 17.8 Å². The van der Waals surface area contributed by atoms with E-state index >= 15 is 0 Å². The third-order valence-corrected chi connectivity index (χ3v) is 10.4. The zero-order chi connectivity index (χ0) is 26.6. The minimum absolute atomic E-state index is 0.0129. The van der Waals surface area contributed by atoms with Crippen molar-refractivity contribution < 1.29 is 19.5 Å². The quantitative estimate of drug-likeness (QED) is 0.356. The van der Waals surface area contributed by atoms with Crippen LogP contribution in [0.2, 0.25) is 0 Å². The first-order valence-corrected chi connectivity index (χ1v) is 14.5. The van der Waals surface area contributed by atoms with Gasteiger partial charge >= 0.3 is 0 Å². The van der Waals surface area contributed by atoms with E-state index in [4.69, 9.17) is 0 Å². The van der Waals surface area contributed by atoms with Crippen LogP contribution in [0.1, 0.15) is 59.8 Å². The van der Waals surface area contributed by atoms with Crippen LogP contribution in [0, 0.1) is 17.8 Å². The Morgan fingerprint density at radius 1 is 1.22 bits per heavy atom. The molecule has 1 N–H and O–H groups in total.